The van der Waals surface area contributed by atoms with Crippen LogP contribution in [0.4, 0.5) is 0 Å². The molecule has 176 valence electrons. The first-order valence-corrected chi connectivity index (χ1v) is 12.4. The highest BCUT2D eigenvalue weighted by Gasteiger charge is 2.61. The van der Waals surface area contributed by atoms with E-state index in [0.29, 0.717) is 6.61 Å². The zero-order valence-electron chi connectivity index (χ0n) is 20.0. The number of ether oxygens (including phenoxy) is 2. The Hall–Kier alpha value is -3.98. The van der Waals surface area contributed by atoms with Crippen LogP contribution in [0.15, 0.2) is 152 Å². The van der Waals surface area contributed by atoms with Gasteiger partial charge in [0.2, 0.25) is 0 Å². The molecule has 5 aromatic carbocycles. The van der Waals surface area contributed by atoms with E-state index in [0.717, 1.165) is 27.8 Å². The standard InChI is InChI=1S/C34H28O2/c1-6-16-27(17-7-1)32-26-35-33(28-18-8-2-9-19-28,29-20-10-3-11-21-29)34(36-32,30-22-12-4-13-23-30)31-24-14-5-15-25-31/h1-25,32H,26H2. The fraction of sp³-hybridized carbons (Fsp3) is 0.118. The molecule has 0 N–H and O–H groups in total. The van der Waals surface area contributed by atoms with Gasteiger partial charge in [-0.2, -0.15) is 0 Å². The van der Waals surface area contributed by atoms with Gasteiger partial charge in [0.15, 0.2) is 11.2 Å². The highest BCUT2D eigenvalue weighted by atomic mass is 16.6. The van der Waals surface area contributed by atoms with Gasteiger partial charge in [-0.15, -0.1) is 0 Å². The second-order valence-electron chi connectivity index (χ2n) is 9.15. The Morgan fingerprint density at radius 3 is 1.14 bits per heavy atom. The van der Waals surface area contributed by atoms with Crippen LogP contribution in [0.2, 0.25) is 0 Å². The van der Waals surface area contributed by atoms with Crippen molar-refractivity contribution in [1.29, 1.82) is 0 Å². The summed E-state index contributed by atoms with van der Waals surface area (Å²) in [6.07, 6.45) is -0.243. The predicted molar refractivity (Wildman–Crippen MR) is 144 cm³/mol. The normalized spacial score (nSPS) is 18.4. The predicted octanol–water partition coefficient (Wildman–Crippen LogP) is 7.66. The summed E-state index contributed by atoms with van der Waals surface area (Å²) in [5.74, 6) is 0. The SMILES string of the molecule is c1ccc(C2COC(c3ccccc3)(c3ccccc3)C(c3ccccc3)(c3ccccc3)O2)cc1. The first-order chi connectivity index (χ1) is 17.8. The van der Waals surface area contributed by atoms with Gasteiger partial charge in [-0.05, 0) is 27.8 Å². The molecule has 0 saturated carbocycles. The highest BCUT2D eigenvalue weighted by molar-refractivity contribution is 5.52. The molecular formula is C34H28O2. The molecule has 1 aliphatic rings. The van der Waals surface area contributed by atoms with Crippen molar-refractivity contribution in [3.05, 3.63) is 179 Å². The summed E-state index contributed by atoms with van der Waals surface area (Å²) < 4.78 is 14.6. The number of hydrogen-bond donors (Lipinski definition) is 0. The summed E-state index contributed by atoms with van der Waals surface area (Å²) in [7, 11) is 0. The largest absolute Gasteiger partial charge is 0.359 e. The van der Waals surface area contributed by atoms with Crippen LogP contribution in [0, 0.1) is 0 Å². The van der Waals surface area contributed by atoms with Crippen molar-refractivity contribution in [2.45, 2.75) is 17.3 Å². The fourth-order valence-corrected chi connectivity index (χ4v) is 5.61. The van der Waals surface area contributed by atoms with E-state index in [1.54, 1.807) is 0 Å². The monoisotopic (exact) mass is 468 g/mol. The summed E-state index contributed by atoms with van der Waals surface area (Å²) in [5.41, 5.74) is 3.41. The van der Waals surface area contributed by atoms with Gasteiger partial charge in [-0.3, -0.25) is 0 Å². The van der Waals surface area contributed by atoms with E-state index in [-0.39, 0.29) is 6.10 Å². The summed E-state index contributed by atoms with van der Waals surface area (Å²) in [5, 5.41) is 0. The molecule has 1 fully saturated rings. The Bertz CT molecular complexity index is 1310. The molecule has 1 unspecified atom stereocenters. The summed E-state index contributed by atoms with van der Waals surface area (Å²) >= 11 is 0. The van der Waals surface area contributed by atoms with Crippen LogP contribution in [-0.2, 0) is 20.7 Å². The van der Waals surface area contributed by atoms with E-state index >= 15 is 0 Å². The Morgan fingerprint density at radius 1 is 0.417 bits per heavy atom. The Morgan fingerprint density at radius 2 is 0.750 bits per heavy atom. The average Bonchev–Trinajstić information content (AvgIpc) is 2.99. The molecule has 1 heterocycles. The van der Waals surface area contributed by atoms with Crippen LogP contribution in [0.3, 0.4) is 0 Å². The van der Waals surface area contributed by atoms with E-state index < -0.39 is 11.2 Å². The second kappa shape index (κ2) is 9.58. The van der Waals surface area contributed by atoms with Crippen molar-refractivity contribution in [2.24, 2.45) is 0 Å². The lowest BCUT2D eigenvalue weighted by atomic mass is 9.65. The van der Waals surface area contributed by atoms with Gasteiger partial charge in [-0.25, -0.2) is 0 Å². The number of hydrogen-bond acceptors (Lipinski definition) is 2. The molecule has 2 heteroatoms. The van der Waals surface area contributed by atoms with E-state index in [1.165, 1.54) is 0 Å². The third-order valence-electron chi connectivity index (χ3n) is 7.16. The lowest BCUT2D eigenvalue weighted by molar-refractivity contribution is -0.272. The van der Waals surface area contributed by atoms with Crippen molar-refractivity contribution in [2.75, 3.05) is 6.61 Å². The van der Waals surface area contributed by atoms with E-state index in [9.17, 15) is 0 Å². The lowest BCUT2D eigenvalue weighted by Crippen LogP contribution is -2.58. The summed E-state index contributed by atoms with van der Waals surface area (Å²) in [6.45, 7) is 0.426. The van der Waals surface area contributed by atoms with Gasteiger partial charge in [0.25, 0.3) is 0 Å². The molecular weight excluding hydrogens is 440 g/mol. The molecule has 36 heavy (non-hydrogen) atoms. The molecule has 0 amide bonds. The van der Waals surface area contributed by atoms with Crippen LogP contribution in [0.1, 0.15) is 33.9 Å². The quantitative estimate of drug-likeness (QED) is 0.264. The van der Waals surface area contributed by atoms with Gasteiger partial charge in [0.1, 0.15) is 6.10 Å². The van der Waals surface area contributed by atoms with Crippen molar-refractivity contribution in [3.8, 4) is 0 Å². The van der Waals surface area contributed by atoms with Crippen molar-refractivity contribution >= 4 is 0 Å². The molecule has 5 aromatic rings. The van der Waals surface area contributed by atoms with Crippen LogP contribution in [0.5, 0.6) is 0 Å². The minimum atomic E-state index is -0.961. The summed E-state index contributed by atoms with van der Waals surface area (Å²) in [4.78, 5) is 0. The van der Waals surface area contributed by atoms with E-state index in [2.05, 4.69) is 121 Å². The summed E-state index contributed by atoms with van der Waals surface area (Å²) in [6, 6.07) is 52.4. The lowest BCUT2D eigenvalue weighted by Gasteiger charge is -2.56. The first-order valence-electron chi connectivity index (χ1n) is 12.4. The van der Waals surface area contributed by atoms with Crippen LogP contribution < -0.4 is 0 Å². The molecule has 0 spiro atoms. The highest BCUT2D eigenvalue weighted by Crippen LogP contribution is 2.58. The third-order valence-corrected chi connectivity index (χ3v) is 7.16. The maximum atomic E-state index is 7.43. The number of rotatable bonds is 5. The molecule has 0 aromatic heterocycles. The Balaban J connectivity index is 1.72. The molecule has 2 nitrogen and oxygen atoms in total. The first kappa shape index (κ1) is 22.5. The molecule has 0 bridgehead atoms. The number of benzene rings is 5. The van der Waals surface area contributed by atoms with Crippen molar-refractivity contribution < 1.29 is 9.47 Å². The van der Waals surface area contributed by atoms with Crippen molar-refractivity contribution in [3.63, 3.8) is 0 Å². The maximum absolute atomic E-state index is 7.43. The van der Waals surface area contributed by atoms with Gasteiger partial charge in [0, 0.05) is 0 Å². The molecule has 6 rings (SSSR count). The maximum Gasteiger partial charge on any atom is 0.156 e. The van der Waals surface area contributed by atoms with Crippen LogP contribution in [0.25, 0.3) is 0 Å². The zero-order valence-corrected chi connectivity index (χ0v) is 20.0. The van der Waals surface area contributed by atoms with Crippen LogP contribution >= 0.6 is 0 Å². The molecule has 1 atom stereocenters. The topological polar surface area (TPSA) is 18.5 Å². The Labute approximate surface area is 212 Å². The zero-order chi connectivity index (χ0) is 24.3. The van der Waals surface area contributed by atoms with E-state index in [4.69, 9.17) is 9.47 Å². The molecule has 0 aliphatic carbocycles. The van der Waals surface area contributed by atoms with Crippen molar-refractivity contribution in [1.82, 2.24) is 0 Å². The molecule has 1 aliphatic heterocycles. The third kappa shape index (κ3) is 3.58. The van der Waals surface area contributed by atoms with Crippen LogP contribution in [-0.4, -0.2) is 6.61 Å². The second-order valence-corrected chi connectivity index (χ2v) is 9.15. The Kier molecular flexibility index (Phi) is 5.98. The fourth-order valence-electron chi connectivity index (χ4n) is 5.61. The minimum Gasteiger partial charge on any atom is -0.359 e. The molecule has 0 radical (unpaired) electrons. The van der Waals surface area contributed by atoms with E-state index in [1.807, 2.05) is 30.3 Å². The van der Waals surface area contributed by atoms with Gasteiger partial charge in [0.05, 0.1) is 6.61 Å². The molecule has 1 saturated heterocycles. The van der Waals surface area contributed by atoms with Gasteiger partial charge >= 0.3 is 0 Å². The smallest absolute Gasteiger partial charge is 0.156 e. The van der Waals surface area contributed by atoms with Gasteiger partial charge in [-0.1, -0.05) is 152 Å². The minimum absolute atomic E-state index is 0.243. The average molecular weight is 469 g/mol. The van der Waals surface area contributed by atoms with Gasteiger partial charge < -0.3 is 9.47 Å².